The SMILES string of the molecule is CC.CC(C)C[C@H](NC(=O)[C@H](CCC(=O)OCC1c2ccccc2-c2ccccc21)CC(=O)OC(C)(C)C)B1O[C@@H]2C[C@@H]3C[C@@H](C3(C)C)[C@]2(C)O1. The van der Waals surface area contributed by atoms with Crippen LogP contribution in [0.2, 0.25) is 0 Å². The fourth-order valence-electron chi connectivity index (χ4n) is 9.01. The standard InChI is InChI=1S/C40H54BNO7.C2H6/c1-24(2)19-34(41-48-33-22-26-21-32(39(26,6)7)40(33,8)49-41)42-37(45)25(20-36(44)47-38(3,4)5)17-18-35(43)46-23-31-29-15-11-9-13-27(29)28-14-10-12-16-30(28)31;1-2/h9-16,24-26,31-34H,17-23H2,1-8H3,(H,42,45);1-2H3/t25-,26+,32+,33-,34+,40+;/m1./s1. The average Bonchev–Trinajstić information content (AvgIpc) is 3.59. The van der Waals surface area contributed by atoms with Crippen molar-refractivity contribution in [3.63, 3.8) is 0 Å². The van der Waals surface area contributed by atoms with Crippen LogP contribution in [0.1, 0.15) is 125 Å². The van der Waals surface area contributed by atoms with E-state index in [1.54, 1.807) is 20.8 Å². The number of amides is 1. The topological polar surface area (TPSA) is 100 Å². The molecule has 8 nitrogen and oxygen atoms in total. The van der Waals surface area contributed by atoms with Crippen LogP contribution in [0.25, 0.3) is 11.1 Å². The maximum atomic E-state index is 14.0. The lowest BCUT2D eigenvalue weighted by Crippen LogP contribution is -2.65. The predicted octanol–water partition coefficient (Wildman–Crippen LogP) is 8.29. The van der Waals surface area contributed by atoms with Crippen molar-refractivity contribution in [3.05, 3.63) is 59.7 Å². The van der Waals surface area contributed by atoms with Gasteiger partial charge in [-0.1, -0.05) is 90.1 Å². The molecule has 278 valence electrons. The van der Waals surface area contributed by atoms with E-state index in [2.05, 4.69) is 64.2 Å². The summed E-state index contributed by atoms with van der Waals surface area (Å²) in [6.45, 7) is 20.7. The number of fused-ring (bicyclic) bond motifs is 3. The number of nitrogens with one attached hydrogen (secondary N) is 1. The summed E-state index contributed by atoms with van der Waals surface area (Å²) in [7, 11) is -0.583. The summed E-state index contributed by atoms with van der Waals surface area (Å²) in [5.41, 5.74) is 3.71. The van der Waals surface area contributed by atoms with Crippen LogP contribution in [0, 0.1) is 29.1 Å². The van der Waals surface area contributed by atoms with Gasteiger partial charge >= 0.3 is 19.1 Å². The Morgan fingerprint density at radius 3 is 2.12 bits per heavy atom. The fraction of sp³-hybridized carbons (Fsp3) is 0.643. The van der Waals surface area contributed by atoms with E-state index in [-0.39, 0.29) is 55.1 Å². The zero-order chi connectivity index (χ0) is 37.3. The number of hydrogen-bond acceptors (Lipinski definition) is 7. The van der Waals surface area contributed by atoms with Crippen molar-refractivity contribution < 1.29 is 33.2 Å². The maximum absolute atomic E-state index is 14.0. The van der Waals surface area contributed by atoms with Crippen molar-refractivity contribution in [2.45, 2.75) is 137 Å². The van der Waals surface area contributed by atoms with Crippen LogP contribution >= 0.6 is 0 Å². The zero-order valence-corrected chi connectivity index (χ0v) is 32.5. The molecule has 1 heterocycles. The summed E-state index contributed by atoms with van der Waals surface area (Å²) < 4.78 is 24.8. The van der Waals surface area contributed by atoms with E-state index >= 15 is 0 Å². The van der Waals surface area contributed by atoms with Crippen molar-refractivity contribution in [3.8, 4) is 11.1 Å². The van der Waals surface area contributed by atoms with Crippen molar-refractivity contribution >= 4 is 25.0 Å². The fourth-order valence-corrected chi connectivity index (χ4v) is 9.01. The Bertz CT molecular complexity index is 1520. The van der Waals surface area contributed by atoms with Gasteiger partial charge in [0.2, 0.25) is 5.91 Å². The lowest BCUT2D eigenvalue weighted by atomic mass is 9.43. The first-order valence-corrected chi connectivity index (χ1v) is 19.3. The molecule has 1 amide bonds. The largest absolute Gasteiger partial charge is 0.481 e. The molecule has 4 fully saturated rings. The first-order chi connectivity index (χ1) is 24.1. The molecule has 1 aliphatic heterocycles. The van der Waals surface area contributed by atoms with Gasteiger partial charge in [0, 0.05) is 18.3 Å². The number of carbonyl (C=O) groups excluding carboxylic acids is 3. The Labute approximate surface area is 306 Å². The molecule has 0 aromatic heterocycles. The second kappa shape index (κ2) is 15.4. The molecule has 2 aromatic rings. The third kappa shape index (κ3) is 8.25. The Hall–Kier alpha value is -3.17. The molecule has 3 saturated carbocycles. The van der Waals surface area contributed by atoms with Gasteiger partial charge < -0.3 is 24.1 Å². The first-order valence-electron chi connectivity index (χ1n) is 19.3. The van der Waals surface area contributed by atoms with Crippen molar-refractivity contribution in [2.24, 2.45) is 29.1 Å². The van der Waals surface area contributed by atoms with Crippen LogP contribution in [0.3, 0.4) is 0 Å². The Morgan fingerprint density at radius 2 is 1.55 bits per heavy atom. The van der Waals surface area contributed by atoms with Crippen LogP contribution in [0.15, 0.2) is 48.5 Å². The van der Waals surface area contributed by atoms with Crippen molar-refractivity contribution in [2.75, 3.05) is 6.61 Å². The molecule has 4 aliphatic carbocycles. The molecule has 2 aromatic carbocycles. The number of rotatable bonds is 12. The Kier molecular flexibility index (Phi) is 11.8. The lowest BCUT2D eigenvalue weighted by Gasteiger charge is -2.64. The molecule has 7 rings (SSSR count). The highest BCUT2D eigenvalue weighted by molar-refractivity contribution is 6.47. The van der Waals surface area contributed by atoms with Crippen molar-refractivity contribution in [1.82, 2.24) is 5.32 Å². The molecule has 6 atom stereocenters. The zero-order valence-electron chi connectivity index (χ0n) is 32.5. The van der Waals surface area contributed by atoms with Gasteiger partial charge in [0.25, 0.3) is 0 Å². The summed E-state index contributed by atoms with van der Waals surface area (Å²) >= 11 is 0. The van der Waals surface area contributed by atoms with Crippen LogP contribution in [-0.4, -0.2) is 54.8 Å². The van der Waals surface area contributed by atoms with Gasteiger partial charge in [-0.05, 0) is 98.8 Å². The van der Waals surface area contributed by atoms with Crippen LogP contribution in [-0.2, 0) is 33.2 Å². The van der Waals surface area contributed by atoms with E-state index in [4.69, 9.17) is 18.8 Å². The maximum Gasteiger partial charge on any atom is 0.481 e. The molecule has 9 heteroatoms. The lowest BCUT2D eigenvalue weighted by molar-refractivity contribution is -0.199. The van der Waals surface area contributed by atoms with Crippen LogP contribution < -0.4 is 5.32 Å². The summed E-state index contributed by atoms with van der Waals surface area (Å²) in [5.74, 6) is -1.13. The number of ether oxygens (including phenoxy) is 2. The smallest absolute Gasteiger partial charge is 0.465 e. The minimum Gasteiger partial charge on any atom is -0.465 e. The van der Waals surface area contributed by atoms with E-state index in [1.807, 2.05) is 38.1 Å². The summed E-state index contributed by atoms with van der Waals surface area (Å²) in [6.07, 6.45) is 2.76. The Balaban J connectivity index is 0.00000248. The molecule has 5 aliphatic rings. The molecule has 51 heavy (non-hydrogen) atoms. The van der Waals surface area contributed by atoms with E-state index in [0.29, 0.717) is 18.3 Å². The number of benzene rings is 2. The van der Waals surface area contributed by atoms with E-state index in [9.17, 15) is 14.4 Å². The summed E-state index contributed by atoms with van der Waals surface area (Å²) in [4.78, 5) is 40.3. The number of carbonyl (C=O) groups is 3. The number of esters is 2. The summed E-state index contributed by atoms with van der Waals surface area (Å²) in [6, 6.07) is 16.4. The van der Waals surface area contributed by atoms with Gasteiger partial charge in [-0.15, -0.1) is 0 Å². The van der Waals surface area contributed by atoms with Crippen molar-refractivity contribution in [1.29, 1.82) is 0 Å². The third-order valence-corrected chi connectivity index (χ3v) is 11.6. The van der Waals surface area contributed by atoms with Crippen LogP contribution in [0.5, 0.6) is 0 Å². The molecule has 0 spiro atoms. The van der Waals surface area contributed by atoms with Crippen LogP contribution in [0.4, 0.5) is 0 Å². The van der Waals surface area contributed by atoms with Gasteiger partial charge in [0.15, 0.2) is 0 Å². The molecule has 0 unspecified atom stereocenters. The molecular weight excluding hydrogens is 641 g/mol. The second-order valence-electron chi connectivity index (χ2n) is 17.0. The third-order valence-electron chi connectivity index (χ3n) is 11.6. The first kappa shape index (κ1) is 39.1. The molecule has 1 saturated heterocycles. The normalized spacial score (nSPS) is 25.3. The highest BCUT2D eigenvalue weighted by Crippen LogP contribution is 2.65. The minimum atomic E-state index is -0.781. The minimum absolute atomic E-state index is 0.000466. The van der Waals surface area contributed by atoms with Gasteiger partial charge in [-0.25, -0.2) is 0 Å². The molecule has 0 radical (unpaired) electrons. The van der Waals surface area contributed by atoms with E-state index in [1.165, 1.54) is 0 Å². The number of hydrogen-bond donors (Lipinski definition) is 1. The second-order valence-corrected chi connectivity index (χ2v) is 17.0. The predicted molar refractivity (Wildman–Crippen MR) is 201 cm³/mol. The average molecular weight is 702 g/mol. The molecule has 2 bridgehead atoms. The monoisotopic (exact) mass is 701 g/mol. The van der Waals surface area contributed by atoms with E-state index in [0.717, 1.165) is 35.1 Å². The van der Waals surface area contributed by atoms with Gasteiger partial charge in [-0.2, -0.15) is 0 Å². The van der Waals surface area contributed by atoms with Gasteiger partial charge in [0.05, 0.1) is 24.1 Å². The van der Waals surface area contributed by atoms with Gasteiger partial charge in [0.1, 0.15) is 12.2 Å². The molecule has 1 N–H and O–H groups in total. The quantitative estimate of drug-likeness (QED) is 0.176. The highest BCUT2D eigenvalue weighted by atomic mass is 16.7. The Morgan fingerprint density at radius 1 is 0.941 bits per heavy atom. The van der Waals surface area contributed by atoms with E-state index < -0.39 is 42.1 Å². The summed E-state index contributed by atoms with van der Waals surface area (Å²) in [5, 5.41) is 3.21. The van der Waals surface area contributed by atoms with Gasteiger partial charge in [-0.3, -0.25) is 14.4 Å². The molecular formula is C42H60BNO7. The highest BCUT2D eigenvalue weighted by Gasteiger charge is 2.68.